The van der Waals surface area contributed by atoms with E-state index in [9.17, 15) is 9.18 Å². The van der Waals surface area contributed by atoms with E-state index in [1.807, 2.05) is 26.0 Å². The number of halogens is 1. The molecular formula is C19H18FNO2. The summed E-state index contributed by atoms with van der Waals surface area (Å²) >= 11 is 0. The first-order chi connectivity index (χ1) is 11.0. The van der Waals surface area contributed by atoms with Gasteiger partial charge in [-0.3, -0.25) is 0 Å². The fourth-order valence-corrected chi connectivity index (χ4v) is 2.57. The molecule has 3 aromatic rings. The summed E-state index contributed by atoms with van der Waals surface area (Å²) in [6.45, 7) is 5.18. The summed E-state index contributed by atoms with van der Waals surface area (Å²) in [5.41, 5.74) is 4.41. The van der Waals surface area contributed by atoms with Gasteiger partial charge in [-0.2, -0.15) is 0 Å². The summed E-state index contributed by atoms with van der Waals surface area (Å²) in [5, 5.41) is 4.23. The Bertz CT molecular complexity index is 898. The fraction of sp³-hybridized carbons (Fsp3) is 0.211. The Balaban J connectivity index is 1.83. The molecule has 0 unspecified atom stereocenters. The minimum Gasteiger partial charge on any atom is -0.423 e. The van der Waals surface area contributed by atoms with Crippen LogP contribution in [0.4, 0.5) is 4.39 Å². The van der Waals surface area contributed by atoms with Crippen molar-refractivity contribution in [2.24, 2.45) is 0 Å². The van der Waals surface area contributed by atoms with Gasteiger partial charge in [0.25, 0.3) is 0 Å². The molecule has 0 bridgehead atoms. The maximum atomic E-state index is 12.9. The Morgan fingerprint density at radius 1 is 1.00 bits per heavy atom. The Hall–Kier alpha value is -2.46. The van der Waals surface area contributed by atoms with E-state index in [4.69, 9.17) is 4.42 Å². The molecule has 0 atom stereocenters. The summed E-state index contributed by atoms with van der Waals surface area (Å²) in [4.78, 5) is 11.7. The van der Waals surface area contributed by atoms with Crippen molar-refractivity contribution in [3.8, 4) is 0 Å². The van der Waals surface area contributed by atoms with E-state index in [-0.39, 0.29) is 11.4 Å². The highest BCUT2D eigenvalue weighted by atomic mass is 19.1. The summed E-state index contributed by atoms with van der Waals surface area (Å²) < 4.78 is 18.2. The third-order valence-corrected chi connectivity index (χ3v) is 4.00. The number of nitrogens with one attached hydrogen (secondary N) is 1. The first kappa shape index (κ1) is 15.4. The van der Waals surface area contributed by atoms with E-state index in [1.165, 1.54) is 18.2 Å². The lowest BCUT2D eigenvalue weighted by Gasteiger charge is -2.09. The van der Waals surface area contributed by atoms with Gasteiger partial charge in [0.05, 0.1) is 0 Å². The van der Waals surface area contributed by atoms with Gasteiger partial charge in [-0.15, -0.1) is 0 Å². The molecule has 0 aliphatic heterocycles. The SMILES string of the molecule is Cc1cc2oc(=O)cc(CNCc3ccc(F)cc3)c2cc1C. The number of aryl methyl sites for hydroxylation is 2. The molecule has 1 aromatic heterocycles. The summed E-state index contributed by atoms with van der Waals surface area (Å²) in [6, 6.07) is 11.8. The second-order valence-electron chi connectivity index (χ2n) is 5.75. The van der Waals surface area contributed by atoms with Gasteiger partial charge in [-0.25, -0.2) is 9.18 Å². The van der Waals surface area contributed by atoms with E-state index < -0.39 is 0 Å². The predicted octanol–water partition coefficient (Wildman–Crippen LogP) is 3.84. The smallest absolute Gasteiger partial charge is 0.336 e. The molecule has 23 heavy (non-hydrogen) atoms. The first-order valence-corrected chi connectivity index (χ1v) is 7.52. The van der Waals surface area contributed by atoms with Crippen LogP contribution in [-0.4, -0.2) is 0 Å². The lowest BCUT2D eigenvalue weighted by molar-refractivity contribution is 0.556. The number of hydrogen-bond donors (Lipinski definition) is 1. The van der Waals surface area contributed by atoms with Gasteiger partial charge in [0, 0.05) is 24.5 Å². The second kappa shape index (κ2) is 6.34. The second-order valence-corrected chi connectivity index (χ2v) is 5.75. The molecule has 0 amide bonds. The first-order valence-electron chi connectivity index (χ1n) is 7.52. The standard InChI is InChI=1S/C19H18FNO2/c1-12-7-17-15(9-19(22)23-18(17)8-13(12)2)11-21-10-14-3-5-16(20)6-4-14/h3-9,21H,10-11H2,1-2H3. The molecule has 0 fully saturated rings. The third kappa shape index (κ3) is 3.48. The van der Waals surface area contributed by atoms with E-state index in [2.05, 4.69) is 5.32 Å². The summed E-state index contributed by atoms with van der Waals surface area (Å²) in [5.74, 6) is -0.244. The van der Waals surface area contributed by atoms with Crippen molar-refractivity contribution in [3.05, 3.63) is 81.0 Å². The van der Waals surface area contributed by atoms with Gasteiger partial charge < -0.3 is 9.73 Å². The molecular weight excluding hydrogens is 293 g/mol. The molecule has 118 valence electrons. The minimum absolute atomic E-state index is 0.244. The lowest BCUT2D eigenvalue weighted by Crippen LogP contribution is -2.14. The van der Waals surface area contributed by atoms with Crippen LogP contribution in [0.25, 0.3) is 11.0 Å². The van der Waals surface area contributed by atoms with Crippen molar-refractivity contribution < 1.29 is 8.81 Å². The van der Waals surface area contributed by atoms with Crippen molar-refractivity contribution in [2.75, 3.05) is 0 Å². The van der Waals surface area contributed by atoms with Crippen molar-refractivity contribution in [1.29, 1.82) is 0 Å². The summed E-state index contributed by atoms with van der Waals surface area (Å²) in [6.07, 6.45) is 0. The van der Waals surface area contributed by atoms with Gasteiger partial charge in [0.1, 0.15) is 11.4 Å². The minimum atomic E-state index is -0.348. The molecule has 0 aliphatic carbocycles. The van der Waals surface area contributed by atoms with Crippen molar-refractivity contribution in [3.63, 3.8) is 0 Å². The van der Waals surface area contributed by atoms with Crippen LogP contribution in [0.15, 0.2) is 51.7 Å². The zero-order valence-corrected chi connectivity index (χ0v) is 13.2. The average molecular weight is 311 g/mol. The highest BCUT2D eigenvalue weighted by Crippen LogP contribution is 2.21. The Labute approximate surface area is 133 Å². The zero-order valence-electron chi connectivity index (χ0n) is 13.2. The maximum absolute atomic E-state index is 12.9. The highest BCUT2D eigenvalue weighted by Gasteiger charge is 2.07. The fourth-order valence-electron chi connectivity index (χ4n) is 2.57. The van der Waals surface area contributed by atoms with Gasteiger partial charge in [-0.05, 0) is 60.4 Å². The number of rotatable bonds is 4. The third-order valence-electron chi connectivity index (χ3n) is 4.00. The molecule has 2 aromatic carbocycles. The van der Waals surface area contributed by atoms with Crippen molar-refractivity contribution in [2.45, 2.75) is 26.9 Å². The lowest BCUT2D eigenvalue weighted by atomic mass is 10.0. The molecule has 1 heterocycles. The van der Waals surface area contributed by atoms with Crippen LogP contribution < -0.4 is 10.9 Å². The van der Waals surface area contributed by atoms with E-state index in [0.29, 0.717) is 18.7 Å². The van der Waals surface area contributed by atoms with E-state index in [0.717, 1.165) is 27.6 Å². The van der Waals surface area contributed by atoms with Crippen LogP contribution in [0.1, 0.15) is 22.3 Å². The Kier molecular flexibility index (Phi) is 4.26. The molecule has 3 rings (SSSR count). The molecule has 4 heteroatoms. The van der Waals surface area contributed by atoms with Crippen molar-refractivity contribution >= 4 is 11.0 Å². The monoisotopic (exact) mass is 311 g/mol. The van der Waals surface area contributed by atoms with E-state index in [1.54, 1.807) is 12.1 Å². The van der Waals surface area contributed by atoms with Crippen LogP contribution in [0.5, 0.6) is 0 Å². The maximum Gasteiger partial charge on any atom is 0.336 e. The predicted molar refractivity (Wildman–Crippen MR) is 88.9 cm³/mol. The molecule has 0 saturated heterocycles. The average Bonchev–Trinajstić information content (AvgIpc) is 2.51. The summed E-state index contributed by atoms with van der Waals surface area (Å²) in [7, 11) is 0. The van der Waals surface area contributed by atoms with Gasteiger partial charge in [0.2, 0.25) is 0 Å². The van der Waals surface area contributed by atoms with Crippen LogP contribution in [0.3, 0.4) is 0 Å². The number of hydrogen-bond acceptors (Lipinski definition) is 3. The molecule has 0 saturated carbocycles. The van der Waals surface area contributed by atoms with Gasteiger partial charge >= 0.3 is 5.63 Å². The molecule has 3 nitrogen and oxygen atoms in total. The van der Waals surface area contributed by atoms with Crippen LogP contribution in [0.2, 0.25) is 0 Å². The largest absolute Gasteiger partial charge is 0.423 e. The topological polar surface area (TPSA) is 42.2 Å². The molecule has 1 N–H and O–H groups in total. The number of fused-ring (bicyclic) bond motifs is 1. The van der Waals surface area contributed by atoms with Gasteiger partial charge in [0.15, 0.2) is 0 Å². The quantitative estimate of drug-likeness (QED) is 0.744. The molecule has 0 spiro atoms. The van der Waals surface area contributed by atoms with Crippen molar-refractivity contribution in [1.82, 2.24) is 5.32 Å². The highest BCUT2D eigenvalue weighted by molar-refractivity contribution is 5.81. The van der Waals surface area contributed by atoms with Crippen LogP contribution in [0, 0.1) is 19.7 Å². The normalized spacial score (nSPS) is 11.1. The Morgan fingerprint density at radius 3 is 2.43 bits per heavy atom. The number of benzene rings is 2. The zero-order chi connectivity index (χ0) is 16.4. The van der Waals surface area contributed by atoms with Crippen LogP contribution >= 0.6 is 0 Å². The van der Waals surface area contributed by atoms with E-state index >= 15 is 0 Å². The molecule has 0 aliphatic rings. The Morgan fingerprint density at radius 2 is 1.70 bits per heavy atom. The van der Waals surface area contributed by atoms with Gasteiger partial charge in [-0.1, -0.05) is 12.1 Å². The molecule has 0 radical (unpaired) electrons. The van der Waals surface area contributed by atoms with Crippen LogP contribution in [-0.2, 0) is 13.1 Å².